The fourth-order valence-electron chi connectivity index (χ4n) is 4.04. The number of carbonyl (C=O) groups excluding carboxylic acids is 2. The molecule has 4 rings (SSSR count). The van der Waals surface area contributed by atoms with Crippen LogP contribution in [0, 0.1) is 0 Å². The number of rotatable bonds is 4. The minimum Gasteiger partial charge on any atom is -0.459 e. The quantitative estimate of drug-likeness (QED) is 0.530. The minimum absolute atomic E-state index is 0.148. The molecule has 2 aromatic carbocycles. The molecule has 0 bridgehead atoms. The predicted octanol–water partition coefficient (Wildman–Crippen LogP) is 4.73. The van der Waals surface area contributed by atoms with Crippen LogP contribution >= 0.6 is 0 Å². The smallest absolute Gasteiger partial charge is 0.347 e. The zero-order valence-corrected chi connectivity index (χ0v) is 19.5. The fourth-order valence-corrected chi connectivity index (χ4v) is 4.95. The van der Waals surface area contributed by atoms with Gasteiger partial charge in [0, 0.05) is 20.4 Å². The molecule has 0 unspecified atom stereocenters. The molecular formula is C24H22F2N2O5S. The molecule has 2 heterocycles. The summed E-state index contributed by atoms with van der Waals surface area (Å²) in [5.74, 6) is -0.401. The standard InChI is InChI=1S/C24H22F2N2O5S/c1-15-14-27(23(30)22-5-4-12-33-22)21-13-18(8-11-20(21)28(15)16(2)29)17-6-9-19(10-7-17)34(31,32)24(3,25)26/h4-13,15H,14H2,1-3H3/t15-/m0/s1. The summed E-state index contributed by atoms with van der Waals surface area (Å²) < 4.78 is 56.3. The number of sulfone groups is 1. The first-order valence-electron chi connectivity index (χ1n) is 10.4. The molecule has 1 atom stereocenters. The van der Waals surface area contributed by atoms with Crippen LogP contribution in [0.25, 0.3) is 11.1 Å². The van der Waals surface area contributed by atoms with Gasteiger partial charge in [0.2, 0.25) is 15.7 Å². The molecule has 1 aliphatic heterocycles. The van der Waals surface area contributed by atoms with Gasteiger partial charge in [-0.05, 0) is 54.4 Å². The van der Waals surface area contributed by atoms with Crippen LogP contribution < -0.4 is 9.80 Å². The SMILES string of the molecule is CC(=O)N1c2ccc(-c3ccc(S(=O)(=O)C(C)(F)F)cc3)cc2N(C(=O)c2ccco2)C[C@@H]1C. The molecule has 0 N–H and O–H groups in total. The molecule has 0 aliphatic carbocycles. The summed E-state index contributed by atoms with van der Waals surface area (Å²) in [4.78, 5) is 28.1. The summed E-state index contributed by atoms with van der Waals surface area (Å²) in [7, 11) is -4.80. The van der Waals surface area contributed by atoms with Gasteiger partial charge >= 0.3 is 5.25 Å². The number of hydrogen-bond donors (Lipinski definition) is 0. The van der Waals surface area contributed by atoms with Gasteiger partial charge in [-0.3, -0.25) is 9.59 Å². The first-order chi connectivity index (χ1) is 15.9. The summed E-state index contributed by atoms with van der Waals surface area (Å²) in [6.45, 7) is 3.86. The zero-order valence-electron chi connectivity index (χ0n) is 18.7. The van der Waals surface area contributed by atoms with Crippen LogP contribution in [0.4, 0.5) is 20.2 Å². The van der Waals surface area contributed by atoms with Gasteiger partial charge in [-0.1, -0.05) is 18.2 Å². The lowest BCUT2D eigenvalue weighted by molar-refractivity contribution is -0.117. The Bertz CT molecular complexity index is 1350. The van der Waals surface area contributed by atoms with Gasteiger partial charge in [-0.25, -0.2) is 8.42 Å². The fraction of sp³-hybridized carbons (Fsp3) is 0.250. The summed E-state index contributed by atoms with van der Waals surface area (Å²) in [5, 5.41) is -3.90. The van der Waals surface area contributed by atoms with E-state index in [4.69, 9.17) is 4.42 Å². The third-order valence-electron chi connectivity index (χ3n) is 5.70. The Labute approximate surface area is 195 Å². The highest BCUT2D eigenvalue weighted by Gasteiger charge is 2.40. The molecule has 0 fully saturated rings. The highest BCUT2D eigenvalue weighted by atomic mass is 32.2. The lowest BCUT2D eigenvalue weighted by Gasteiger charge is -2.40. The van der Waals surface area contributed by atoms with Gasteiger partial charge < -0.3 is 14.2 Å². The van der Waals surface area contributed by atoms with Crippen LogP contribution in [0.5, 0.6) is 0 Å². The van der Waals surface area contributed by atoms with E-state index in [1.54, 1.807) is 35.2 Å². The van der Waals surface area contributed by atoms with Gasteiger partial charge in [-0.2, -0.15) is 8.78 Å². The number of fused-ring (bicyclic) bond motifs is 1. The number of amides is 2. The minimum atomic E-state index is -4.80. The van der Waals surface area contributed by atoms with E-state index < -0.39 is 20.0 Å². The number of hydrogen-bond acceptors (Lipinski definition) is 5. The number of alkyl halides is 2. The van der Waals surface area contributed by atoms with E-state index >= 15 is 0 Å². The number of benzene rings is 2. The lowest BCUT2D eigenvalue weighted by Crippen LogP contribution is -2.51. The van der Waals surface area contributed by atoms with Crippen LogP contribution in [0.3, 0.4) is 0 Å². The van der Waals surface area contributed by atoms with E-state index in [0.29, 0.717) is 29.4 Å². The number of carbonyl (C=O) groups is 2. The molecule has 7 nitrogen and oxygen atoms in total. The van der Waals surface area contributed by atoms with Crippen molar-refractivity contribution in [2.24, 2.45) is 0 Å². The van der Waals surface area contributed by atoms with E-state index in [9.17, 15) is 26.8 Å². The summed E-state index contributed by atoms with van der Waals surface area (Å²) in [5.41, 5.74) is 2.18. The Morgan fingerprint density at radius 3 is 2.24 bits per heavy atom. The Morgan fingerprint density at radius 1 is 1.03 bits per heavy atom. The summed E-state index contributed by atoms with van der Waals surface area (Å²) in [6, 6.07) is 13.1. The summed E-state index contributed by atoms with van der Waals surface area (Å²) >= 11 is 0. The van der Waals surface area contributed by atoms with Crippen molar-refractivity contribution in [3.8, 4) is 11.1 Å². The van der Waals surface area contributed by atoms with Crippen molar-refractivity contribution >= 4 is 33.0 Å². The molecular weight excluding hydrogens is 466 g/mol. The molecule has 1 aromatic heterocycles. The van der Waals surface area contributed by atoms with Gasteiger partial charge in [0.25, 0.3) is 5.91 Å². The third kappa shape index (κ3) is 3.98. The largest absolute Gasteiger partial charge is 0.459 e. The monoisotopic (exact) mass is 488 g/mol. The van der Waals surface area contributed by atoms with E-state index in [1.807, 2.05) is 6.92 Å². The lowest BCUT2D eigenvalue weighted by atomic mass is 10.0. The van der Waals surface area contributed by atoms with Gasteiger partial charge in [0.15, 0.2) is 5.76 Å². The second-order valence-electron chi connectivity index (χ2n) is 8.17. The molecule has 2 amide bonds. The van der Waals surface area contributed by atoms with Crippen molar-refractivity contribution in [1.29, 1.82) is 0 Å². The Balaban J connectivity index is 1.78. The molecule has 0 radical (unpaired) electrons. The Kier molecular flexibility index (Phi) is 5.80. The topological polar surface area (TPSA) is 87.9 Å². The first-order valence-corrected chi connectivity index (χ1v) is 11.9. The van der Waals surface area contributed by atoms with Crippen LogP contribution in [0.15, 0.2) is 70.2 Å². The molecule has 34 heavy (non-hydrogen) atoms. The number of anilines is 2. The number of halogens is 2. The average Bonchev–Trinajstić information content (AvgIpc) is 3.32. The average molecular weight is 489 g/mol. The van der Waals surface area contributed by atoms with E-state index in [1.165, 1.54) is 30.2 Å². The van der Waals surface area contributed by atoms with Crippen molar-refractivity contribution in [3.05, 3.63) is 66.6 Å². The van der Waals surface area contributed by atoms with Crippen LogP contribution in [0.1, 0.15) is 31.3 Å². The van der Waals surface area contributed by atoms with E-state index in [-0.39, 0.29) is 30.2 Å². The van der Waals surface area contributed by atoms with Crippen molar-refractivity contribution < 1.29 is 31.2 Å². The van der Waals surface area contributed by atoms with Gasteiger partial charge in [0.1, 0.15) is 0 Å². The van der Waals surface area contributed by atoms with Gasteiger partial charge in [0.05, 0.1) is 28.6 Å². The Morgan fingerprint density at radius 2 is 1.68 bits per heavy atom. The summed E-state index contributed by atoms with van der Waals surface area (Å²) in [6.07, 6.45) is 1.40. The molecule has 10 heteroatoms. The van der Waals surface area contributed by atoms with E-state index in [0.717, 1.165) is 12.1 Å². The van der Waals surface area contributed by atoms with Crippen molar-refractivity contribution in [3.63, 3.8) is 0 Å². The molecule has 0 saturated carbocycles. The molecule has 3 aromatic rings. The molecule has 1 aliphatic rings. The van der Waals surface area contributed by atoms with Gasteiger partial charge in [-0.15, -0.1) is 0 Å². The zero-order chi connectivity index (χ0) is 24.8. The normalized spacial score (nSPS) is 16.3. The highest BCUT2D eigenvalue weighted by Crippen LogP contribution is 2.40. The Hall–Kier alpha value is -3.53. The third-order valence-corrected chi connectivity index (χ3v) is 7.54. The van der Waals surface area contributed by atoms with Crippen molar-refractivity contribution in [2.45, 2.75) is 37.0 Å². The number of furan rings is 1. The highest BCUT2D eigenvalue weighted by molar-refractivity contribution is 7.92. The maximum Gasteiger partial charge on any atom is 0.347 e. The van der Waals surface area contributed by atoms with Crippen LogP contribution in [-0.4, -0.2) is 38.1 Å². The maximum absolute atomic E-state index is 13.5. The van der Waals surface area contributed by atoms with Crippen LogP contribution in [0.2, 0.25) is 0 Å². The second kappa shape index (κ2) is 8.35. The molecule has 178 valence electrons. The van der Waals surface area contributed by atoms with Crippen molar-refractivity contribution in [1.82, 2.24) is 0 Å². The molecule has 0 saturated heterocycles. The van der Waals surface area contributed by atoms with E-state index in [2.05, 4.69) is 0 Å². The van der Waals surface area contributed by atoms with Crippen molar-refractivity contribution in [2.75, 3.05) is 16.3 Å². The maximum atomic E-state index is 13.5. The molecule has 0 spiro atoms. The van der Waals surface area contributed by atoms with Crippen LogP contribution in [-0.2, 0) is 14.6 Å². The number of nitrogens with zero attached hydrogens (tertiary/aromatic N) is 2. The first kappa shape index (κ1) is 23.6. The second-order valence-corrected chi connectivity index (χ2v) is 10.4. The predicted molar refractivity (Wildman–Crippen MR) is 123 cm³/mol.